The van der Waals surface area contributed by atoms with Gasteiger partial charge in [0, 0.05) is 35.4 Å². The molecule has 0 aliphatic rings. The van der Waals surface area contributed by atoms with Gasteiger partial charge in [-0.3, -0.25) is 4.79 Å². The molecule has 0 unspecified atom stereocenters. The first-order valence-corrected chi connectivity index (χ1v) is 8.26. The van der Waals surface area contributed by atoms with Crippen LogP contribution in [0.1, 0.15) is 18.9 Å². The SMILES string of the molecule is CCN(C(=O)CCNc1ccc(Br)c(C)c1)c1ccccc1. The van der Waals surface area contributed by atoms with Gasteiger partial charge in [0.25, 0.3) is 0 Å². The fourth-order valence-electron chi connectivity index (χ4n) is 2.31. The first-order chi connectivity index (χ1) is 10.6. The molecule has 1 N–H and O–H groups in total. The summed E-state index contributed by atoms with van der Waals surface area (Å²) in [6.45, 7) is 5.36. The van der Waals surface area contributed by atoms with Crippen LogP contribution < -0.4 is 10.2 Å². The maximum absolute atomic E-state index is 12.4. The maximum atomic E-state index is 12.4. The zero-order valence-corrected chi connectivity index (χ0v) is 14.6. The summed E-state index contributed by atoms with van der Waals surface area (Å²) >= 11 is 3.49. The van der Waals surface area contributed by atoms with Gasteiger partial charge in [-0.1, -0.05) is 34.1 Å². The first kappa shape index (κ1) is 16.6. The molecule has 0 spiro atoms. The number of amides is 1. The Morgan fingerprint density at radius 3 is 2.55 bits per heavy atom. The number of para-hydroxylation sites is 1. The molecule has 0 aliphatic carbocycles. The van der Waals surface area contributed by atoms with Crippen LogP contribution in [0.25, 0.3) is 0 Å². The molecular formula is C18H21BrN2O. The van der Waals surface area contributed by atoms with Gasteiger partial charge in [0.05, 0.1) is 0 Å². The van der Waals surface area contributed by atoms with Gasteiger partial charge >= 0.3 is 0 Å². The number of aryl methyl sites for hydroxylation is 1. The molecule has 0 aromatic heterocycles. The molecule has 0 radical (unpaired) electrons. The molecular weight excluding hydrogens is 340 g/mol. The highest BCUT2D eigenvalue weighted by Crippen LogP contribution is 2.20. The topological polar surface area (TPSA) is 32.3 Å². The zero-order chi connectivity index (χ0) is 15.9. The predicted octanol–water partition coefficient (Wildman–Crippen LogP) is 4.61. The Labute approximate surface area is 140 Å². The standard InChI is InChI=1S/C18H21BrN2O/c1-3-21(16-7-5-4-6-8-16)18(22)11-12-20-15-9-10-17(19)14(2)13-15/h4-10,13,20H,3,11-12H2,1-2H3. The summed E-state index contributed by atoms with van der Waals surface area (Å²) in [6, 6.07) is 15.9. The molecule has 2 aromatic rings. The number of carbonyl (C=O) groups is 1. The summed E-state index contributed by atoms with van der Waals surface area (Å²) in [6.07, 6.45) is 0.470. The van der Waals surface area contributed by atoms with E-state index in [4.69, 9.17) is 0 Å². The molecule has 0 atom stereocenters. The zero-order valence-electron chi connectivity index (χ0n) is 13.0. The summed E-state index contributed by atoms with van der Waals surface area (Å²) in [5, 5.41) is 3.31. The quantitative estimate of drug-likeness (QED) is 0.815. The number of hydrogen-bond donors (Lipinski definition) is 1. The molecule has 22 heavy (non-hydrogen) atoms. The van der Waals surface area contributed by atoms with Gasteiger partial charge in [-0.25, -0.2) is 0 Å². The van der Waals surface area contributed by atoms with Crippen LogP contribution in [0.2, 0.25) is 0 Å². The molecule has 0 heterocycles. The number of anilines is 2. The van der Waals surface area contributed by atoms with Crippen molar-refractivity contribution in [2.45, 2.75) is 20.3 Å². The van der Waals surface area contributed by atoms with Crippen LogP contribution >= 0.6 is 15.9 Å². The summed E-state index contributed by atoms with van der Waals surface area (Å²) < 4.78 is 1.09. The normalized spacial score (nSPS) is 10.3. The molecule has 3 nitrogen and oxygen atoms in total. The molecule has 1 amide bonds. The van der Waals surface area contributed by atoms with Gasteiger partial charge in [0.2, 0.25) is 5.91 Å². The summed E-state index contributed by atoms with van der Waals surface area (Å²) in [4.78, 5) is 14.2. The third kappa shape index (κ3) is 4.34. The largest absolute Gasteiger partial charge is 0.385 e. The second-order valence-corrected chi connectivity index (χ2v) is 5.97. The van der Waals surface area contributed by atoms with Crippen LogP contribution in [-0.4, -0.2) is 19.0 Å². The highest BCUT2D eigenvalue weighted by Gasteiger charge is 2.12. The lowest BCUT2D eigenvalue weighted by molar-refractivity contribution is -0.118. The van der Waals surface area contributed by atoms with Crippen LogP contribution in [0.4, 0.5) is 11.4 Å². The Bertz CT molecular complexity index is 628. The van der Waals surface area contributed by atoms with E-state index in [1.165, 1.54) is 5.56 Å². The third-order valence-electron chi connectivity index (χ3n) is 3.51. The van der Waals surface area contributed by atoms with Crippen LogP contribution in [0.3, 0.4) is 0 Å². The highest BCUT2D eigenvalue weighted by atomic mass is 79.9. The molecule has 2 rings (SSSR count). The first-order valence-electron chi connectivity index (χ1n) is 7.47. The average molecular weight is 361 g/mol. The lowest BCUT2D eigenvalue weighted by Gasteiger charge is -2.21. The summed E-state index contributed by atoms with van der Waals surface area (Å²) in [7, 11) is 0. The van der Waals surface area contributed by atoms with E-state index in [-0.39, 0.29) is 5.91 Å². The van der Waals surface area contributed by atoms with Crippen LogP contribution in [0.5, 0.6) is 0 Å². The number of halogens is 1. The Hall–Kier alpha value is -1.81. The number of nitrogens with one attached hydrogen (secondary N) is 1. The fourth-order valence-corrected chi connectivity index (χ4v) is 2.56. The van der Waals surface area contributed by atoms with Gasteiger partial charge in [-0.15, -0.1) is 0 Å². The van der Waals surface area contributed by atoms with Crippen molar-refractivity contribution in [2.75, 3.05) is 23.3 Å². The van der Waals surface area contributed by atoms with E-state index in [0.29, 0.717) is 19.5 Å². The van der Waals surface area contributed by atoms with Crippen molar-refractivity contribution in [1.82, 2.24) is 0 Å². The third-order valence-corrected chi connectivity index (χ3v) is 4.40. The molecule has 0 aliphatic heterocycles. The molecule has 0 fully saturated rings. The van der Waals surface area contributed by atoms with E-state index in [1.807, 2.05) is 54.3 Å². The molecule has 4 heteroatoms. The predicted molar refractivity (Wildman–Crippen MR) is 96.5 cm³/mol. The molecule has 0 saturated carbocycles. The van der Waals surface area contributed by atoms with Crippen molar-refractivity contribution < 1.29 is 4.79 Å². The van der Waals surface area contributed by atoms with Crippen molar-refractivity contribution in [3.8, 4) is 0 Å². The Balaban J connectivity index is 1.90. The Morgan fingerprint density at radius 1 is 1.18 bits per heavy atom. The number of nitrogens with zero attached hydrogens (tertiary/aromatic N) is 1. The van der Waals surface area contributed by atoms with Gasteiger partial charge in [-0.2, -0.15) is 0 Å². The van der Waals surface area contributed by atoms with Crippen molar-refractivity contribution in [3.63, 3.8) is 0 Å². The van der Waals surface area contributed by atoms with Crippen LogP contribution in [-0.2, 0) is 4.79 Å². The van der Waals surface area contributed by atoms with Gasteiger partial charge in [0.15, 0.2) is 0 Å². The Kier molecular flexibility index (Phi) is 6.01. The van der Waals surface area contributed by atoms with Crippen molar-refractivity contribution in [1.29, 1.82) is 0 Å². The monoisotopic (exact) mass is 360 g/mol. The summed E-state index contributed by atoms with van der Waals surface area (Å²) in [5.41, 5.74) is 3.17. The summed E-state index contributed by atoms with van der Waals surface area (Å²) in [5.74, 6) is 0.134. The second kappa shape index (κ2) is 7.99. The maximum Gasteiger partial charge on any atom is 0.228 e. The minimum absolute atomic E-state index is 0.134. The van der Waals surface area contributed by atoms with E-state index in [2.05, 4.69) is 34.2 Å². The number of carbonyl (C=O) groups excluding carboxylic acids is 1. The lowest BCUT2D eigenvalue weighted by Crippen LogP contribution is -2.31. The highest BCUT2D eigenvalue weighted by molar-refractivity contribution is 9.10. The van der Waals surface area contributed by atoms with Crippen molar-refractivity contribution in [3.05, 3.63) is 58.6 Å². The minimum atomic E-state index is 0.134. The molecule has 0 bridgehead atoms. The van der Waals surface area contributed by atoms with E-state index >= 15 is 0 Å². The van der Waals surface area contributed by atoms with Crippen LogP contribution in [0.15, 0.2) is 53.0 Å². The molecule has 116 valence electrons. The average Bonchev–Trinajstić information content (AvgIpc) is 2.52. The smallest absolute Gasteiger partial charge is 0.228 e. The van der Waals surface area contributed by atoms with E-state index in [9.17, 15) is 4.79 Å². The number of hydrogen-bond acceptors (Lipinski definition) is 2. The minimum Gasteiger partial charge on any atom is -0.385 e. The van der Waals surface area contributed by atoms with Gasteiger partial charge in [-0.05, 0) is 49.7 Å². The van der Waals surface area contributed by atoms with Gasteiger partial charge in [0.1, 0.15) is 0 Å². The van der Waals surface area contributed by atoms with E-state index < -0.39 is 0 Å². The molecule has 2 aromatic carbocycles. The second-order valence-electron chi connectivity index (χ2n) is 5.11. The number of benzene rings is 2. The van der Waals surface area contributed by atoms with E-state index in [0.717, 1.165) is 15.8 Å². The van der Waals surface area contributed by atoms with Gasteiger partial charge < -0.3 is 10.2 Å². The van der Waals surface area contributed by atoms with E-state index in [1.54, 1.807) is 0 Å². The Morgan fingerprint density at radius 2 is 1.91 bits per heavy atom. The van der Waals surface area contributed by atoms with Crippen LogP contribution in [0, 0.1) is 6.92 Å². The number of rotatable bonds is 6. The van der Waals surface area contributed by atoms with Crippen molar-refractivity contribution >= 4 is 33.2 Å². The lowest BCUT2D eigenvalue weighted by atomic mass is 10.2. The van der Waals surface area contributed by atoms with Crippen molar-refractivity contribution in [2.24, 2.45) is 0 Å². The fraction of sp³-hybridized carbons (Fsp3) is 0.278. The molecule has 0 saturated heterocycles.